The molecular formula is C19H18F3N3O3. The molecule has 2 aliphatic heterocycles. The number of piperazine rings is 1. The zero-order chi connectivity index (χ0) is 19.7. The number of rotatable bonds is 2. The first-order valence-corrected chi connectivity index (χ1v) is 8.87. The predicted octanol–water partition coefficient (Wildman–Crippen LogP) is 3.23. The van der Waals surface area contributed by atoms with Crippen molar-refractivity contribution in [2.45, 2.75) is 0 Å². The molecule has 0 aliphatic carbocycles. The number of anilines is 2. The van der Waals surface area contributed by atoms with E-state index in [1.807, 2.05) is 18.2 Å². The number of nitrogens with zero attached hydrogens (tertiary/aromatic N) is 2. The van der Waals surface area contributed by atoms with Crippen LogP contribution in [0.1, 0.15) is 0 Å². The van der Waals surface area contributed by atoms with E-state index in [-0.39, 0.29) is 0 Å². The van der Waals surface area contributed by atoms with Gasteiger partial charge in [-0.15, -0.1) is 0 Å². The van der Waals surface area contributed by atoms with Crippen molar-refractivity contribution in [1.29, 1.82) is 0 Å². The fourth-order valence-corrected chi connectivity index (χ4v) is 3.21. The molecule has 9 heteroatoms. The molecule has 2 aromatic rings. The van der Waals surface area contributed by atoms with Crippen LogP contribution in [0.2, 0.25) is 0 Å². The Morgan fingerprint density at radius 1 is 0.893 bits per heavy atom. The van der Waals surface area contributed by atoms with Crippen LogP contribution in [-0.4, -0.2) is 50.3 Å². The Labute approximate surface area is 159 Å². The van der Waals surface area contributed by atoms with Gasteiger partial charge in [-0.1, -0.05) is 0 Å². The number of carbonyl (C=O) groups excluding carboxylic acids is 1. The number of nitrogens with one attached hydrogen (secondary N) is 1. The lowest BCUT2D eigenvalue weighted by atomic mass is 10.2. The van der Waals surface area contributed by atoms with Gasteiger partial charge in [-0.2, -0.15) is 0 Å². The molecule has 0 spiro atoms. The number of carbonyl (C=O) groups is 1. The summed E-state index contributed by atoms with van der Waals surface area (Å²) >= 11 is 0. The SMILES string of the molecule is O=C(Nc1ccc(F)c(F)c1F)N1CCN(c2ccc3c(c2)OCCO3)CC1. The summed E-state index contributed by atoms with van der Waals surface area (Å²) in [6.45, 7) is 2.95. The quantitative estimate of drug-likeness (QED) is 0.796. The molecule has 2 aromatic carbocycles. The van der Waals surface area contributed by atoms with E-state index in [0.29, 0.717) is 50.9 Å². The largest absolute Gasteiger partial charge is 0.486 e. The smallest absolute Gasteiger partial charge is 0.322 e. The number of amides is 2. The predicted molar refractivity (Wildman–Crippen MR) is 96.6 cm³/mol. The molecule has 1 N–H and O–H groups in total. The van der Waals surface area contributed by atoms with Crippen molar-refractivity contribution in [3.8, 4) is 11.5 Å². The molecule has 4 rings (SSSR count). The minimum absolute atomic E-state index is 0.391. The fraction of sp³-hybridized carbons (Fsp3) is 0.316. The van der Waals surface area contributed by atoms with Crippen LogP contribution in [0.5, 0.6) is 11.5 Å². The van der Waals surface area contributed by atoms with Crippen molar-refractivity contribution >= 4 is 17.4 Å². The summed E-state index contributed by atoms with van der Waals surface area (Å²) in [5.74, 6) is -2.92. The molecule has 1 saturated heterocycles. The van der Waals surface area contributed by atoms with Gasteiger partial charge in [-0.05, 0) is 24.3 Å². The third-order valence-corrected chi connectivity index (χ3v) is 4.73. The highest BCUT2D eigenvalue weighted by Crippen LogP contribution is 2.34. The first-order chi connectivity index (χ1) is 13.5. The monoisotopic (exact) mass is 393 g/mol. The lowest BCUT2D eigenvalue weighted by molar-refractivity contribution is 0.171. The van der Waals surface area contributed by atoms with E-state index in [9.17, 15) is 18.0 Å². The highest BCUT2D eigenvalue weighted by molar-refractivity contribution is 5.89. The molecule has 2 aliphatic rings. The Hall–Kier alpha value is -3.10. The summed E-state index contributed by atoms with van der Waals surface area (Å²) in [6, 6.07) is 6.90. The highest BCUT2D eigenvalue weighted by atomic mass is 19.2. The van der Waals surface area contributed by atoms with Crippen LogP contribution in [0.25, 0.3) is 0 Å². The molecule has 2 heterocycles. The second-order valence-corrected chi connectivity index (χ2v) is 6.46. The molecule has 0 aromatic heterocycles. The molecular weight excluding hydrogens is 375 g/mol. The van der Waals surface area contributed by atoms with Crippen molar-refractivity contribution in [2.75, 3.05) is 49.6 Å². The van der Waals surface area contributed by atoms with Crippen LogP contribution in [0.3, 0.4) is 0 Å². The normalized spacial score (nSPS) is 16.1. The van der Waals surface area contributed by atoms with Gasteiger partial charge in [-0.3, -0.25) is 0 Å². The second-order valence-electron chi connectivity index (χ2n) is 6.46. The Bertz CT molecular complexity index is 901. The van der Waals surface area contributed by atoms with Gasteiger partial charge >= 0.3 is 6.03 Å². The summed E-state index contributed by atoms with van der Waals surface area (Å²) in [5, 5.41) is 2.29. The summed E-state index contributed by atoms with van der Waals surface area (Å²) < 4.78 is 51.1. The number of fused-ring (bicyclic) bond motifs is 1. The van der Waals surface area contributed by atoms with Gasteiger partial charge in [0.25, 0.3) is 0 Å². The second kappa shape index (κ2) is 7.49. The van der Waals surface area contributed by atoms with Crippen LogP contribution in [0.4, 0.5) is 29.3 Å². The average Bonchev–Trinajstić information content (AvgIpc) is 2.74. The molecule has 148 valence electrons. The summed E-state index contributed by atoms with van der Waals surface area (Å²) in [5.41, 5.74) is 0.564. The van der Waals surface area contributed by atoms with Gasteiger partial charge in [0.1, 0.15) is 13.2 Å². The number of hydrogen-bond acceptors (Lipinski definition) is 4. The maximum Gasteiger partial charge on any atom is 0.322 e. The van der Waals surface area contributed by atoms with E-state index in [2.05, 4.69) is 10.2 Å². The van der Waals surface area contributed by atoms with Gasteiger partial charge < -0.3 is 24.6 Å². The maximum absolute atomic E-state index is 13.7. The van der Waals surface area contributed by atoms with E-state index in [1.54, 1.807) is 0 Å². The number of benzene rings is 2. The van der Waals surface area contributed by atoms with Gasteiger partial charge in [0.05, 0.1) is 5.69 Å². The van der Waals surface area contributed by atoms with E-state index >= 15 is 0 Å². The summed E-state index contributed by atoms with van der Waals surface area (Å²) in [7, 11) is 0. The first kappa shape index (κ1) is 18.3. The average molecular weight is 393 g/mol. The van der Waals surface area contributed by atoms with Crippen LogP contribution in [0, 0.1) is 17.5 Å². The lowest BCUT2D eigenvalue weighted by Gasteiger charge is -2.36. The van der Waals surface area contributed by atoms with Gasteiger partial charge in [0.2, 0.25) is 0 Å². The summed E-state index contributed by atoms with van der Waals surface area (Å²) in [6.07, 6.45) is 0. The number of ether oxygens (including phenoxy) is 2. The number of hydrogen-bond donors (Lipinski definition) is 1. The van der Waals surface area contributed by atoms with E-state index < -0.39 is 29.2 Å². The Morgan fingerprint density at radius 3 is 2.36 bits per heavy atom. The summed E-state index contributed by atoms with van der Waals surface area (Å²) in [4.78, 5) is 15.9. The molecule has 6 nitrogen and oxygen atoms in total. The third-order valence-electron chi connectivity index (χ3n) is 4.73. The Balaban J connectivity index is 1.37. The van der Waals surface area contributed by atoms with Crippen LogP contribution < -0.4 is 19.7 Å². The molecule has 0 radical (unpaired) electrons. The highest BCUT2D eigenvalue weighted by Gasteiger charge is 2.24. The molecule has 0 atom stereocenters. The molecule has 2 amide bonds. The van der Waals surface area contributed by atoms with E-state index in [1.165, 1.54) is 4.90 Å². The first-order valence-electron chi connectivity index (χ1n) is 8.87. The zero-order valence-corrected chi connectivity index (χ0v) is 14.9. The molecule has 1 fully saturated rings. The molecule has 0 bridgehead atoms. The standard InChI is InChI=1S/C19H18F3N3O3/c20-13-2-3-14(18(22)17(13)21)23-19(26)25-7-5-24(6-8-25)12-1-4-15-16(11-12)28-10-9-27-15/h1-4,11H,5-10H2,(H,23,26). The van der Waals surface area contributed by atoms with E-state index in [4.69, 9.17) is 9.47 Å². The van der Waals surface area contributed by atoms with Crippen LogP contribution in [-0.2, 0) is 0 Å². The van der Waals surface area contributed by atoms with Crippen molar-refractivity contribution in [3.63, 3.8) is 0 Å². The minimum Gasteiger partial charge on any atom is -0.486 e. The molecule has 0 unspecified atom stereocenters. The fourth-order valence-electron chi connectivity index (χ4n) is 3.21. The minimum atomic E-state index is -1.61. The van der Waals surface area contributed by atoms with Gasteiger partial charge in [-0.25, -0.2) is 18.0 Å². The zero-order valence-electron chi connectivity index (χ0n) is 14.9. The third kappa shape index (κ3) is 3.51. The Morgan fingerprint density at radius 2 is 1.61 bits per heavy atom. The van der Waals surface area contributed by atoms with Gasteiger partial charge in [0, 0.05) is 37.9 Å². The lowest BCUT2D eigenvalue weighted by Crippen LogP contribution is -2.50. The van der Waals surface area contributed by atoms with Crippen LogP contribution >= 0.6 is 0 Å². The van der Waals surface area contributed by atoms with Crippen molar-refractivity contribution in [2.24, 2.45) is 0 Å². The van der Waals surface area contributed by atoms with E-state index in [0.717, 1.165) is 17.8 Å². The van der Waals surface area contributed by atoms with Crippen molar-refractivity contribution in [1.82, 2.24) is 4.90 Å². The maximum atomic E-state index is 13.7. The van der Waals surface area contributed by atoms with Crippen molar-refractivity contribution in [3.05, 3.63) is 47.8 Å². The number of halogens is 3. The molecule has 28 heavy (non-hydrogen) atoms. The Kier molecular flexibility index (Phi) is 4.89. The van der Waals surface area contributed by atoms with Gasteiger partial charge in [0.15, 0.2) is 29.0 Å². The van der Waals surface area contributed by atoms with Crippen molar-refractivity contribution < 1.29 is 27.4 Å². The number of urea groups is 1. The topological polar surface area (TPSA) is 54.0 Å². The van der Waals surface area contributed by atoms with Crippen LogP contribution in [0.15, 0.2) is 30.3 Å². The molecule has 0 saturated carbocycles.